The van der Waals surface area contributed by atoms with Crippen molar-refractivity contribution < 1.29 is 9.47 Å². The molecule has 2 aromatic heterocycles. The molecule has 6 rings (SSSR count). The van der Waals surface area contributed by atoms with Gasteiger partial charge in [-0.05, 0) is 74.8 Å². The van der Waals surface area contributed by atoms with E-state index in [4.69, 9.17) is 19.5 Å². The molecule has 9 heteroatoms. The third-order valence-electron chi connectivity index (χ3n) is 7.68. The van der Waals surface area contributed by atoms with Crippen LogP contribution in [0.3, 0.4) is 0 Å². The highest BCUT2D eigenvalue weighted by Gasteiger charge is 2.33. The molecular formula is C32H37N7O2. The van der Waals surface area contributed by atoms with Crippen LogP contribution in [0.4, 0.5) is 11.5 Å². The van der Waals surface area contributed by atoms with Gasteiger partial charge in [-0.1, -0.05) is 13.0 Å². The van der Waals surface area contributed by atoms with Crippen LogP contribution < -0.4 is 19.7 Å². The lowest BCUT2D eigenvalue weighted by molar-refractivity contribution is 0.186. The summed E-state index contributed by atoms with van der Waals surface area (Å²) in [5.74, 6) is 3.98. The summed E-state index contributed by atoms with van der Waals surface area (Å²) in [6.07, 6.45) is 6.59. The van der Waals surface area contributed by atoms with Gasteiger partial charge in [-0.2, -0.15) is 0 Å². The molecular weight excluding hydrogens is 514 g/mol. The zero-order valence-corrected chi connectivity index (χ0v) is 24.4. The van der Waals surface area contributed by atoms with Crippen LogP contribution in [0.1, 0.15) is 30.2 Å². The van der Waals surface area contributed by atoms with E-state index in [1.165, 1.54) is 0 Å². The molecule has 41 heavy (non-hydrogen) atoms. The number of hydrogen-bond donors (Lipinski definition) is 1. The summed E-state index contributed by atoms with van der Waals surface area (Å²) in [6.45, 7) is 9.77. The Kier molecular flexibility index (Phi) is 7.36. The van der Waals surface area contributed by atoms with Crippen molar-refractivity contribution in [2.75, 3.05) is 43.5 Å². The molecule has 212 valence electrons. The van der Waals surface area contributed by atoms with Crippen molar-refractivity contribution in [1.29, 1.82) is 0 Å². The minimum absolute atomic E-state index is 0.297. The molecule has 1 atom stereocenters. The smallest absolute Gasteiger partial charge is 0.172 e. The van der Waals surface area contributed by atoms with Crippen LogP contribution in [0.15, 0.2) is 66.1 Å². The van der Waals surface area contributed by atoms with Gasteiger partial charge >= 0.3 is 0 Å². The fourth-order valence-corrected chi connectivity index (χ4v) is 5.42. The molecule has 0 bridgehead atoms. The monoisotopic (exact) mass is 551 g/mol. The number of piperazine rings is 1. The number of amidine groups is 1. The summed E-state index contributed by atoms with van der Waals surface area (Å²) >= 11 is 0. The van der Waals surface area contributed by atoms with Crippen LogP contribution >= 0.6 is 0 Å². The van der Waals surface area contributed by atoms with E-state index in [0.717, 1.165) is 82.7 Å². The number of ether oxygens (including phenoxy) is 2. The molecule has 4 heterocycles. The average Bonchev–Trinajstić information content (AvgIpc) is 3.33. The van der Waals surface area contributed by atoms with E-state index in [2.05, 4.69) is 53.1 Å². The van der Waals surface area contributed by atoms with E-state index < -0.39 is 0 Å². The van der Waals surface area contributed by atoms with E-state index in [9.17, 15) is 0 Å². The van der Waals surface area contributed by atoms with Gasteiger partial charge in [-0.3, -0.25) is 0 Å². The molecule has 0 aliphatic carbocycles. The Morgan fingerprint density at radius 1 is 1.12 bits per heavy atom. The highest BCUT2D eigenvalue weighted by atomic mass is 16.5. The maximum absolute atomic E-state index is 6.24. The summed E-state index contributed by atoms with van der Waals surface area (Å²) in [5.41, 5.74) is 5.71. The molecule has 0 saturated carbocycles. The van der Waals surface area contributed by atoms with E-state index in [1.54, 1.807) is 0 Å². The number of aryl methyl sites for hydroxylation is 3. The van der Waals surface area contributed by atoms with Crippen molar-refractivity contribution in [2.24, 2.45) is 12.0 Å². The van der Waals surface area contributed by atoms with E-state index in [-0.39, 0.29) is 0 Å². The number of anilines is 2. The molecule has 1 N–H and O–H groups in total. The number of fused-ring (bicyclic) bond motifs is 4. The molecule has 1 unspecified atom stereocenters. The predicted molar refractivity (Wildman–Crippen MR) is 165 cm³/mol. The molecule has 1 fully saturated rings. The second-order valence-corrected chi connectivity index (χ2v) is 10.9. The van der Waals surface area contributed by atoms with E-state index in [0.29, 0.717) is 18.5 Å². The maximum Gasteiger partial charge on any atom is 0.172 e. The lowest BCUT2D eigenvalue weighted by atomic mass is 10.1. The number of aromatic nitrogens is 3. The summed E-state index contributed by atoms with van der Waals surface area (Å²) < 4.78 is 14.4. The zero-order valence-electron chi connectivity index (χ0n) is 24.4. The Hall–Kier alpha value is -4.37. The first-order valence-electron chi connectivity index (χ1n) is 14.2. The fraction of sp³-hybridized carbons (Fsp3) is 0.344. The summed E-state index contributed by atoms with van der Waals surface area (Å²) in [7, 11) is 4.15. The number of likely N-dealkylation sites (N-methyl/N-ethyl adjacent to an activating group) is 1. The van der Waals surface area contributed by atoms with Crippen LogP contribution in [-0.4, -0.2) is 64.6 Å². The second-order valence-electron chi connectivity index (χ2n) is 10.9. The van der Waals surface area contributed by atoms with Gasteiger partial charge in [-0.15, -0.1) is 0 Å². The number of imidazole rings is 1. The number of rotatable bonds is 6. The average molecular weight is 552 g/mol. The summed E-state index contributed by atoms with van der Waals surface area (Å²) in [4.78, 5) is 19.1. The molecule has 2 aromatic carbocycles. The first kappa shape index (κ1) is 26.8. The van der Waals surface area contributed by atoms with Crippen molar-refractivity contribution in [3.8, 4) is 17.2 Å². The highest BCUT2D eigenvalue weighted by molar-refractivity contribution is 6.08. The Morgan fingerprint density at radius 3 is 2.83 bits per heavy atom. The van der Waals surface area contributed by atoms with Gasteiger partial charge in [0.05, 0.1) is 23.4 Å². The van der Waals surface area contributed by atoms with Gasteiger partial charge < -0.3 is 29.2 Å². The quantitative estimate of drug-likeness (QED) is 0.244. The van der Waals surface area contributed by atoms with Crippen molar-refractivity contribution in [3.63, 3.8) is 0 Å². The lowest BCUT2D eigenvalue weighted by Crippen LogP contribution is -2.56. The number of hydrogen-bond acceptors (Lipinski definition) is 7. The van der Waals surface area contributed by atoms with E-state index >= 15 is 0 Å². The van der Waals surface area contributed by atoms with Crippen LogP contribution in [0.5, 0.6) is 17.2 Å². The van der Waals surface area contributed by atoms with Gasteiger partial charge in [0, 0.05) is 44.6 Å². The van der Waals surface area contributed by atoms with Crippen molar-refractivity contribution in [1.82, 2.24) is 19.4 Å². The van der Waals surface area contributed by atoms with Crippen molar-refractivity contribution >= 4 is 28.4 Å². The largest absolute Gasteiger partial charge is 0.487 e. The Bertz CT molecular complexity index is 1640. The number of nitrogens with zero attached hydrogens (tertiary/aromatic N) is 6. The van der Waals surface area contributed by atoms with Gasteiger partial charge in [-0.25, -0.2) is 15.0 Å². The second kappa shape index (κ2) is 11.2. The summed E-state index contributed by atoms with van der Waals surface area (Å²) in [5, 5.41) is 3.54. The normalized spacial score (nSPS) is 17.4. The Morgan fingerprint density at radius 2 is 2.00 bits per heavy atom. The third-order valence-corrected chi connectivity index (χ3v) is 7.68. The SMILES string of the molecule is CC/C=C/N=C(Nc1ccc(Oc2ccc3c(c2)ncn3C)c(C)c1)c1nc2c(cc1C)OCC1CN(C)CCN21. The molecule has 1 saturated heterocycles. The number of benzene rings is 2. The Balaban J connectivity index is 1.28. The molecule has 0 spiro atoms. The third kappa shape index (κ3) is 5.50. The van der Waals surface area contributed by atoms with Crippen molar-refractivity contribution in [2.45, 2.75) is 33.2 Å². The van der Waals surface area contributed by atoms with Crippen molar-refractivity contribution in [3.05, 3.63) is 77.9 Å². The van der Waals surface area contributed by atoms with Gasteiger partial charge in [0.2, 0.25) is 0 Å². The highest BCUT2D eigenvalue weighted by Crippen LogP contribution is 2.35. The van der Waals surface area contributed by atoms with E-state index in [1.807, 2.05) is 67.5 Å². The van der Waals surface area contributed by atoms with Crippen LogP contribution in [0.2, 0.25) is 0 Å². The van der Waals surface area contributed by atoms with Gasteiger partial charge in [0.1, 0.15) is 23.8 Å². The predicted octanol–water partition coefficient (Wildman–Crippen LogP) is 5.67. The van der Waals surface area contributed by atoms with Crippen LogP contribution in [-0.2, 0) is 7.05 Å². The molecule has 2 aliphatic rings. The number of aliphatic imine (C=N–C) groups is 1. The van der Waals surface area contributed by atoms with Crippen LogP contribution in [0, 0.1) is 13.8 Å². The molecule has 0 radical (unpaired) electrons. The topological polar surface area (TPSA) is 80.0 Å². The molecule has 0 amide bonds. The number of nitrogens with one attached hydrogen (secondary N) is 1. The Labute approximate surface area is 241 Å². The van der Waals surface area contributed by atoms with Crippen LogP contribution in [0.25, 0.3) is 11.0 Å². The van der Waals surface area contributed by atoms with Gasteiger partial charge in [0.15, 0.2) is 17.4 Å². The molecule has 2 aliphatic heterocycles. The number of pyridine rings is 1. The van der Waals surface area contributed by atoms with Gasteiger partial charge in [0.25, 0.3) is 0 Å². The minimum Gasteiger partial charge on any atom is -0.487 e. The first-order chi connectivity index (χ1) is 19.9. The maximum atomic E-state index is 6.24. The standard InChI is InChI=1S/C32H37N7O2/c1-6-7-12-33-31(30-22(3)16-29-32(36-30)39-14-13-37(4)18-24(39)19-40-29)35-23-8-11-28(21(2)15-23)41-25-9-10-27-26(17-25)34-20-38(27)5/h7-12,15-17,20,24H,6,13-14,18-19H2,1-5H3,(H,33,35)/b12-7+. The summed E-state index contributed by atoms with van der Waals surface area (Å²) in [6, 6.07) is 14.4. The minimum atomic E-state index is 0.297. The fourth-order valence-electron chi connectivity index (χ4n) is 5.42. The number of allylic oxidation sites excluding steroid dienone is 1. The first-order valence-corrected chi connectivity index (χ1v) is 14.2. The lowest BCUT2D eigenvalue weighted by Gasteiger charge is -2.44. The zero-order chi connectivity index (χ0) is 28.5. The molecule has 4 aromatic rings. The molecule has 9 nitrogen and oxygen atoms in total.